The van der Waals surface area contributed by atoms with Crippen molar-refractivity contribution >= 4 is 30.1 Å². The van der Waals surface area contributed by atoms with Gasteiger partial charge in [0.05, 0.1) is 11.3 Å². The van der Waals surface area contributed by atoms with Crippen molar-refractivity contribution in [3.05, 3.63) is 47.8 Å². The number of nitrogens with zero attached hydrogens (tertiary/aromatic N) is 2. The highest BCUT2D eigenvalue weighted by Crippen LogP contribution is 2.31. The molecular weight excluding hydrogens is 388 g/mol. The smallest absolute Gasteiger partial charge is 0.239 e. The first kappa shape index (κ1) is 14.3. The van der Waals surface area contributed by atoms with E-state index in [2.05, 4.69) is 16.3 Å². The highest BCUT2D eigenvalue weighted by Gasteiger charge is 2.37. The lowest BCUT2D eigenvalue weighted by atomic mass is 10.2. The summed E-state index contributed by atoms with van der Waals surface area (Å²) in [6, 6.07) is 8.60. The molecule has 1 heterocycles. The van der Waals surface area contributed by atoms with Crippen molar-refractivity contribution in [1.82, 2.24) is 9.78 Å². The van der Waals surface area contributed by atoms with Crippen molar-refractivity contribution in [3.8, 4) is 16.9 Å². The standard InChI is InChI=1S/C12H6F3IN2S/c13-12(14,15)11-9(6-7-19-16)8-18(17-11)10-4-2-1-3-5-10/h1-5,8H. The minimum atomic E-state index is -4.51. The van der Waals surface area contributed by atoms with Gasteiger partial charge in [-0.25, -0.2) is 4.68 Å². The molecule has 0 saturated carbocycles. The average molecular weight is 394 g/mol. The normalized spacial score (nSPS) is 10.9. The van der Waals surface area contributed by atoms with Crippen LogP contribution in [-0.2, 0) is 6.18 Å². The van der Waals surface area contributed by atoms with E-state index < -0.39 is 11.9 Å². The highest BCUT2D eigenvalue weighted by molar-refractivity contribution is 14.2. The third kappa shape index (κ3) is 3.45. The van der Waals surface area contributed by atoms with Crippen LogP contribution in [0.3, 0.4) is 0 Å². The van der Waals surface area contributed by atoms with E-state index in [9.17, 15) is 13.2 Å². The summed E-state index contributed by atoms with van der Waals surface area (Å²) in [4.78, 5) is 0. The predicted molar refractivity (Wildman–Crippen MR) is 77.1 cm³/mol. The van der Waals surface area contributed by atoms with Gasteiger partial charge in [-0.15, -0.1) is 0 Å². The fourth-order valence-electron chi connectivity index (χ4n) is 1.46. The Labute approximate surface area is 124 Å². The molecule has 0 unspecified atom stereocenters. The summed E-state index contributed by atoms with van der Waals surface area (Å²) in [5, 5.41) is 6.12. The van der Waals surface area contributed by atoms with Crippen LogP contribution in [-0.4, -0.2) is 9.78 Å². The van der Waals surface area contributed by atoms with Crippen LogP contribution in [0.2, 0.25) is 0 Å². The molecule has 7 heteroatoms. The van der Waals surface area contributed by atoms with E-state index in [1.807, 2.05) is 21.2 Å². The molecule has 1 aromatic heterocycles. The van der Waals surface area contributed by atoms with E-state index in [-0.39, 0.29) is 5.56 Å². The first-order chi connectivity index (χ1) is 9.02. The van der Waals surface area contributed by atoms with Gasteiger partial charge >= 0.3 is 6.18 Å². The van der Waals surface area contributed by atoms with Crippen LogP contribution in [0.15, 0.2) is 36.5 Å². The van der Waals surface area contributed by atoms with Crippen LogP contribution < -0.4 is 0 Å². The Morgan fingerprint density at radius 2 is 1.89 bits per heavy atom. The van der Waals surface area contributed by atoms with Crippen molar-refractivity contribution in [2.75, 3.05) is 0 Å². The Bertz CT molecular complexity index is 626. The van der Waals surface area contributed by atoms with E-state index in [0.717, 1.165) is 8.93 Å². The maximum atomic E-state index is 12.9. The van der Waals surface area contributed by atoms with Crippen LogP contribution in [0.4, 0.5) is 13.2 Å². The zero-order valence-electron chi connectivity index (χ0n) is 9.28. The molecule has 1 aromatic carbocycles. The predicted octanol–water partition coefficient (Wildman–Crippen LogP) is 4.28. The van der Waals surface area contributed by atoms with Gasteiger partial charge in [-0.2, -0.15) is 18.3 Å². The maximum Gasteiger partial charge on any atom is 0.436 e. The zero-order valence-corrected chi connectivity index (χ0v) is 12.3. The monoisotopic (exact) mass is 394 g/mol. The summed E-state index contributed by atoms with van der Waals surface area (Å²) in [6.07, 6.45) is -3.22. The second kappa shape index (κ2) is 5.88. The van der Waals surface area contributed by atoms with E-state index >= 15 is 0 Å². The third-order valence-corrected chi connectivity index (χ3v) is 3.07. The molecular formula is C12H6F3IN2S. The highest BCUT2D eigenvalue weighted by atomic mass is 127. The van der Waals surface area contributed by atoms with E-state index in [0.29, 0.717) is 5.69 Å². The molecule has 0 aliphatic rings. The number of hydrogen-bond acceptors (Lipinski definition) is 2. The fourth-order valence-corrected chi connectivity index (χ4v) is 1.94. The summed E-state index contributed by atoms with van der Waals surface area (Å²) in [5.74, 6) is 2.46. The molecule has 0 amide bonds. The van der Waals surface area contributed by atoms with Gasteiger partial charge in [0.25, 0.3) is 0 Å². The van der Waals surface area contributed by atoms with Crippen molar-refractivity contribution in [3.63, 3.8) is 0 Å². The molecule has 0 N–H and O–H groups in total. The van der Waals surface area contributed by atoms with Gasteiger partial charge in [0.2, 0.25) is 0 Å². The molecule has 0 radical (unpaired) electrons. The summed E-state index contributed by atoms with van der Waals surface area (Å²) in [6.45, 7) is 0. The van der Waals surface area contributed by atoms with Gasteiger partial charge in [-0.05, 0) is 26.3 Å². The summed E-state index contributed by atoms with van der Waals surface area (Å²) >= 11 is 1.90. The van der Waals surface area contributed by atoms with Crippen LogP contribution >= 0.6 is 30.1 Å². The van der Waals surface area contributed by atoms with E-state index in [1.165, 1.54) is 10.9 Å². The number of rotatable bonds is 1. The lowest BCUT2D eigenvalue weighted by molar-refractivity contribution is -0.141. The first-order valence-electron chi connectivity index (χ1n) is 5.03. The van der Waals surface area contributed by atoms with Crippen LogP contribution in [0, 0.1) is 11.2 Å². The molecule has 2 aromatic rings. The van der Waals surface area contributed by atoms with Gasteiger partial charge in [0.1, 0.15) is 0 Å². The number of halogens is 4. The Balaban J connectivity index is 2.52. The van der Waals surface area contributed by atoms with Gasteiger partial charge < -0.3 is 0 Å². The largest absolute Gasteiger partial charge is 0.436 e. The van der Waals surface area contributed by atoms with Gasteiger partial charge in [-0.1, -0.05) is 24.1 Å². The quantitative estimate of drug-likeness (QED) is 0.531. The number of hydrogen-bond donors (Lipinski definition) is 0. The first-order valence-corrected chi connectivity index (χ1v) is 8.39. The Morgan fingerprint density at radius 1 is 1.21 bits per heavy atom. The lowest BCUT2D eigenvalue weighted by Crippen LogP contribution is -2.08. The van der Waals surface area contributed by atoms with Gasteiger partial charge in [-0.3, -0.25) is 0 Å². The molecule has 0 fully saturated rings. The van der Waals surface area contributed by atoms with Gasteiger partial charge in [0.15, 0.2) is 5.69 Å². The number of para-hydroxylation sites is 1. The van der Waals surface area contributed by atoms with E-state index in [4.69, 9.17) is 0 Å². The van der Waals surface area contributed by atoms with Gasteiger partial charge in [0, 0.05) is 27.4 Å². The minimum absolute atomic E-state index is 0.125. The van der Waals surface area contributed by atoms with Crippen molar-refractivity contribution < 1.29 is 13.2 Å². The average Bonchev–Trinajstić information content (AvgIpc) is 2.81. The second-order valence-corrected chi connectivity index (χ2v) is 5.15. The van der Waals surface area contributed by atoms with Crippen LogP contribution in [0.5, 0.6) is 0 Å². The summed E-state index contributed by atoms with van der Waals surface area (Å²) in [5.41, 5.74) is -0.530. The lowest BCUT2D eigenvalue weighted by Gasteiger charge is -2.02. The maximum absolute atomic E-state index is 12.9. The molecule has 19 heavy (non-hydrogen) atoms. The number of aromatic nitrogens is 2. The summed E-state index contributed by atoms with van der Waals surface area (Å²) in [7, 11) is 1.13. The van der Waals surface area contributed by atoms with Crippen molar-refractivity contribution in [2.24, 2.45) is 0 Å². The molecule has 0 spiro atoms. The number of alkyl halides is 3. The molecule has 0 aliphatic heterocycles. The SMILES string of the molecule is FC(F)(F)c1nn(-c2ccccc2)cc1C#CSI. The Hall–Kier alpha value is -1.14. The molecule has 2 rings (SSSR count). The molecule has 98 valence electrons. The van der Waals surface area contributed by atoms with Crippen LogP contribution in [0.25, 0.3) is 5.69 Å². The topological polar surface area (TPSA) is 17.8 Å². The summed E-state index contributed by atoms with van der Waals surface area (Å²) < 4.78 is 39.7. The molecule has 0 aliphatic carbocycles. The second-order valence-electron chi connectivity index (χ2n) is 3.47. The van der Waals surface area contributed by atoms with Crippen molar-refractivity contribution in [1.29, 1.82) is 0 Å². The Morgan fingerprint density at radius 3 is 2.47 bits per heavy atom. The van der Waals surface area contributed by atoms with E-state index in [1.54, 1.807) is 30.3 Å². The Kier molecular flexibility index (Phi) is 4.42. The third-order valence-electron chi connectivity index (χ3n) is 2.23. The fraction of sp³-hybridized carbons (Fsp3) is 0.0833. The molecule has 0 atom stereocenters. The minimum Gasteiger partial charge on any atom is -0.239 e. The molecule has 0 bridgehead atoms. The molecule has 0 saturated heterocycles. The number of benzene rings is 1. The van der Waals surface area contributed by atoms with Crippen molar-refractivity contribution in [2.45, 2.75) is 6.18 Å². The molecule has 2 nitrogen and oxygen atoms in total. The van der Waals surface area contributed by atoms with Crippen LogP contribution in [0.1, 0.15) is 11.3 Å². The zero-order chi connectivity index (χ0) is 13.9.